The highest BCUT2D eigenvalue weighted by Gasteiger charge is 2.70. The molecule has 1 aromatic carbocycles. The van der Waals surface area contributed by atoms with Gasteiger partial charge in [-0.05, 0) is 32.9 Å². The van der Waals surface area contributed by atoms with Gasteiger partial charge in [-0.15, -0.1) is 0 Å². The Morgan fingerprint density at radius 2 is 1.65 bits per heavy atom. The van der Waals surface area contributed by atoms with Crippen molar-refractivity contribution in [3.8, 4) is 0 Å². The van der Waals surface area contributed by atoms with E-state index in [2.05, 4.69) is 0 Å². The van der Waals surface area contributed by atoms with Crippen molar-refractivity contribution in [3.63, 3.8) is 0 Å². The Balaban J connectivity index is 1.79. The predicted molar refractivity (Wildman–Crippen MR) is 83.0 cm³/mol. The normalized spacial score (nSPS) is 37.6. The molecular weight excluding hydrogens is 294 g/mol. The SMILES string of the molecule is CC(=O)c1cccc(N2C(=O)[C@@H]3[C@H](C2=O)[C@@]2(C)C=C[C@@]3(C)O2)c1. The average Bonchev–Trinajstić information content (AvgIpc) is 3.04. The van der Waals surface area contributed by atoms with Gasteiger partial charge in [0, 0.05) is 5.56 Å². The fourth-order valence-corrected chi connectivity index (χ4v) is 4.15. The number of carbonyl (C=O) groups is 3. The molecule has 2 saturated heterocycles. The fourth-order valence-electron chi connectivity index (χ4n) is 4.15. The third-order valence-electron chi connectivity index (χ3n) is 5.24. The van der Waals surface area contributed by atoms with Crippen molar-refractivity contribution in [1.29, 1.82) is 0 Å². The summed E-state index contributed by atoms with van der Waals surface area (Å²) in [6.07, 6.45) is 3.77. The van der Waals surface area contributed by atoms with Gasteiger partial charge in [-0.25, -0.2) is 4.90 Å². The lowest BCUT2D eigenvalue weighted by atomic mass is 9.73. The Bertz CT molecular complexity index is 762. The minimum atomic E-state index is -0.737. The van der Waals surface area contributed by atoms with E-state index in [1.54, 1.807) is 24.3 Å². The van der Waals surface area contributed by atoms with Crippen LogP contribution in [0.3, 0.4) is 0 Å². The summed E-state index contributed by atoms with van der Waals surface area (Å²) in [6.45, 7) is 5.15. The summed E-state index contributed by atoms with van der Waals surface area (Å²) in [5.74, 6) is -1.63. The van der Waals surface area contributed by atoms with E-state index < -0.39 is 23.0 Å². The summed E-state index contributed by atoms with van der Waals surface area (Å²) in [4.78, 5) is 38.6. The van der Waals surface area contributed by atoms with Crippen LogP contribution in [0.25, 0.3) is 0 Å². The van der Waals surface area contributed by atoms with Crippen molar-refractivity contribution in [2.24, 2.45) is 11.8 Å². The molecule has 23 heavy (non-hydrogen) atoms. The zero-order valence-corrected chi connectivity index (χ0v) is 13.2. The van der Waals surface area contributed by atoms with E-state index in [1.807, 2.05) is 26.0 Å². The molecule has 1 aromatic rings. The molecule has 0 aromatic heterocycles. The van der Waals surface area contributed by atoms with E-state index >= 15 is 0 Å². The number of ether oxygens (including phenoxy) is 1. The highest BCUT2D eigenvalue weighted by atomic mass is 16.5. The van der Waals surface area contributed by atoms with E-state index in [0.717, 1.165) is 0 Å². The second kappa shape index (κ2) is 4.17. The van der Waals surface area contributed by atoms with Gasteiger partial charge in [0.25, 0.3) is 0 Å². The van der Waals surface area contributed by atoms with E-state index in [0.29, 0.717) is 11.3 Å². The second-order valence-corrected chi connectivity index (χ2v) is 6.88. The molecule has 0 spiro atoms. The van der Waals surface area contributed by atoms with Crippen molar-refractivity contribution in [3.05, 3.63) is 42.0 Å². The molecule has 3 heterocycles. The Kier molecular flexibility index (Phi) is 2.60. The van der Waals surface area contributed by atoms with Crippen LogP contribution in [0, 0.1) is 11.8 Å². The summed E-state index contributed by atoms with van der Waals surface area (Å²) >= 11 is 0. The van der Waals surface area contributed by atoms with Gasteiger partial charge >= 0.3 is 0 Å². The number of hydrogen-bond acceptors (Lipinski definition) is 4. The molecule has 0 N–H and O–H groups in total. The first-order valence-corrected chi connectivity index (χ1v) is 7.66. The smallest absolute Gasteiger partial charge is 0.241 e. The van der Waals surface area contributed by atoms with Crippen molar-refractivity contribution >= 4 is 23.3 Å². The Morgan fingerprint density at radius 1 is 1.09 bits per heavy atom. The molecule has 2 amide bonds. The molecule has 118 valence electrons. The zero-order chi connectivity index (χ0) is 16.6. The fraction of sp³-hybridized carbons (Fsp3) is 0.389. The van der Waals surface area contributed by atoms with Crippen molar-refractivity contribution in [1.82, 2.24) is 0 Å². The maximum atomic E-state index is 12.9. The summed E-state index contributed by atoms with van der Waals surface area (Å²) < 4.78 is 5.97. The quantitative estimate of drug-likeness (QED) is 0.477. The first-order chi connectivity index (χ1) is 10.8. The lowest BCUT2D eigenvalue weighted by Crippen LogP contribution is -2.39. The molecule has 2 bridgehead atoms. The standard InChI is InChI=1S/C18H17NO4/c1-10(20)11-5-4-6-12(9-11)19-15(21)13-14(16(19)22)18(3)8-7-17(13,2)23-18/h4-9,13-14H,1-3H3/t13-,14+,17-,18-/m1/s1. The Hall–Kier alpha value is -2.27. The monoisotopic (exact) mass is 311 g/mol. The molecule has 4 rings (SSSR count). The van der Waals surface area contributed by atoms with E-state index in [1.165, 1.54) is 11.8 Å². The second-order valence-electron chi connectivity index (χ2n) is 6.88. The number of hydrogen-bond donors (Lipinski definition) is 0. The topological polar surface area (TPSA) is 63.7 Å². The molecule has 5 nitrogen and oxygen atoms in total. The molecule has 2 fully saturated rings. The first kappa shape index (κ1) is 14.3. The molecule has 3 aliphatic heterocycles. The number of benzene rings is 1. The van der Waals surface area contributed by atoms with Gasteiger partial charge in [0.15, 0.2) is 5.78 Å². The predicted octanol–water partition coefficient (Wildman–Crippen LogP) is 2.11. The van der Waals surface area contributed by atoms with Crippen LogP contribution in [0.2, 0.25) is 0 Å². The van der Waals surface area contributed by atoms with Crippen LogP contribution in [-0.2, 0) is 14.3 Å². The number of anilines is 1. The van der Waals surface area contributed by atoms with Crippen LogP contribution >= 0.6 is 0 Å². The van der Waals surface area contributed by atoms with Crippen LogP contribution in [0.4, 0.5) is 5.69 Å². The number of ketones is 1. The summed E-state index contributed by atoms with van der Waals surface area (Å²) in [6, 6.07) is 6.65. The molecule has 3 aliphatic rings. The summed E-state index contributed by atoms with van der Waals surface area (Å²) in [5.41, 5.74) is -0.540. The Labute approximate surface area is 133 Å². The van der Waals surface area contributed by atoms with E-state index in [4.69, 9.17) is 4.74 Å². The van der Waals surface area contributed by atoms with Gasteiger partial charge in [0.1, 0.15) is 0 Å². The van der Waals surface area contributed by atoms with Crippen LogP contribution in [0.5, 0.6) is 0 Å². The number of amides is 2. The number of nitrogens with zero attached hydrogens (tertiary/aromatic N) is 1. The molecule has 0 unspecified atom stereocenters. The lowest BCUT2D eigenvalue weighted by molar-refractivity contribution is -0.128. The number of rotatable bonds is 2. The average molecular weight is 311 g/mol. The van der Waals surface area contributed by atoms with Crippen LogP contribution in [0.1, 0.15) is 31.1 Å². The van der Waals surface area contributed by atoms with Gasteiger partial charge in [-0.3, -0.25) is 14.4 Å². The molecule has 4 atom stereocenters. The number of Topliss-reactive ketones (excluding diaryl/α,β-unsaturated/α-hetero) is 1. The molecule has 0 aliphatic carbocycles. The van der Waals surface area contributed by atoms with Crippen LogP contribution in [0.15, 0.2) is 36.4 Å². The Morgan fingerprint density at radius 3 is 2.17 bits per heavy atom. The molecular formula is C18H17NO4. The van der Waals surface area contributed by atoms with E-state index in [-0.39, 0.29) is 17.6 Å². The van der Waals surface area contributed by atoms with E-state index in [9.17, 15) is 14.4 Å². The van der Waals surface area contributed by atoms with Crippen LogP contribution < -0.4 is 4.90 Å². The zero-order valence-electron chi connectivity index (χ0n) is 13.2. The molecule has 0 saturated carbocycles. The maximum absolute atomic E-state index is 12.9. The van der Waals surface area contributed by atoms with Gasteiger partial charge in [-0.2, -0.15) is 0 Å². The summed E-state index contributed by atoms with van der Waals surface area (Å²) in [5, 5.41) is 0. The highest BCUT2D eigenvalue weighted by Crippen LogP contribution is 2.57. The first-order valence-electron chi connectivity index (χ1n) is 7.66. The number of fused-ring (bicyclic) bond motifs is 5. The van der Waals surface area contributed by atoms with Gasteiger partial charge in [-0.1, -0.05) is 24.3 Å². The maximum Gasteiger partial charge on any atom is 0.241 e. The van der Waals surface area contributed by atoms with Crippen molar-refractivity contribution in [2.45, 2.75) is 32.0 Å². The molecule has 5 heteroatoms. The highest BCUT2D eigenvalue weighted by molar-refractivity contribution is 6.23. The molecule has 0 radical (unpaired) electrons. The number of imide groups is 1. The largest absolute Gasteiger partial charge is 0.359 e. The lowest BCUT2D eigenvalue weighted by Gasteiger charge is -2.25. The van der Waals surface area contributed by atoms with Gasteiger partial charge in [0.2, 0.25) is 11.8 Å². The van der Waals surface area contributed by atoms with Gasteiger partial charge < -0.3 is 4.74 Å². The van der Waals surface area contributed by atoms with Crippen LogP contribution in [-0.4, -0.2) is 28.8 Å². The van der Waals surface area contributed by atoms with Gasteiger partial charge in [0.05, 0.1) is 28.7 Å². The third kappa shape index (κ3) is 1.68. The summed E-state index contributed by atoms with van der Waals surface area (Å²) in [7, 11) is 0. The minimum absolute atomic E-state index is 0.102. The van der Waals surface area contributed by atoms with Crippen molar-refractivity contribution < 1.29 is 19.1 Å². The van der Waals surface area contributed by atoms with Crippen molar-refractivity contribution in [2.75, 3.05) is 4.90 Å². The number of carbonyl (C=O) groups excluding carboxylic acids is 3. The third-order valence-corrected chi connectivity index (χ3v) is 5.24. The minimum Gasteiger partial charge on any atom is -0.359 e.